The molecule has 1 aromatic heterocycles. The molecule has 0 radical (unpaired) electrons. The van der Waals surface area contributed by atoms with Crippen LogP contribution in [0.3, 0.4) is 0 Å². The highest BCUT2D eigenvalue weighted by atomic mass is 35.5. The average molecular weight is 371 g/mol. The van der Waals surface area contributed by atoms with Crippen LogP contribution in [0.1, 0.15) is 18.9 Å². The molecule has 0 aliphatic carbocycles. The number of aromatic nitrogens is 2. The van der Waals surface area contributed by atoms with Crippen LogP contribution in [0.5, 0.6) is 5.75 Å². The fraction of sp³-hybridized carbons (Fsp3) is 0.438. The lowest BCUT2D eigenvalue weighted by Gasteiger charge is -2.10. The zero-order chi connectivity index (χ0) is 17.4. The van der Waals surface area contributed by atoms with Crippen LogP contribution in [0, 0.1) is 0 Å². The van der Waals surface area contributed by atoms with Crippen LogP contribution in [0.15, 0.2) is 28.8 Å². The number of nitrogens with one attached hydrogen (secondary N) is 2. The second kappa shape index (κ2) is 10.7. The number of amides is 1. The summed E-state index contributed by atoms with van der Waals surface area (Å²) in [7, 11) is 3.19. The predicted molar refractivity (Wildman–Crippen MR) is 94.8 cm³/mol. The van der Waals surface area contributed by atoms with Gasteiger partial charge in [-0.1, -0.05) is 17.3 Å². The van der Waals surface area contributed by atoms with E-state index >= 15 is 0 Å². The third kappa shape index (κ3) is 6.00. The molecule has 25 heavy (non-hydrogen) atoms. The molecule has 2 N–H and O–H groups in total. The quantitative estimate of drug-likeness (QED) is 0.646. The molecule has 0 fully saturated rings. The van der Waals surface area contributed by atoms with Crippen LogP contribution >= 0.6 is 12.4 Å². The Morgan fingerprint density at radius 3 is 2.80 bits per heavy atom. The van der Waals surface area contributed by atoms with E-state index in [1.54, 1.807) is 21.1 Å². The van der Waals surface area contributed by atoms with E-state index in [0.29, 0.717) is 30.6 Å². The van der Waals surface area contributed by atoms with Gasteiger partial charge in [-0.15, -0.1) is 12.4 Å². The van der Waals surface area contributed by atoms with E-state index in [-0.39, 0.29) is 24.9 Å². The van der Waals surface area contributed by atoms with E-state index in [0.717, 1.165) is 5.56 Å². The first-order valence-corrected chi connectivity index (χ1v) is 7.61. The Morgan fingerprint density at radius 2 is 2.08 bits per heavy atom. The van der Waals surface area contributed by atoms with Crippen LogP contribution < -0.4 is 15.4 Å². The van der Waals surface area contributed by atoms with Gasteiger partial charge in [0.25, 0.3) is 0 Å². The molecule has 1 amide bonds. The van der Waals surface area contributed by atoms with Gasteiger partial charge in [0.2, 0.25) is 17.6 Å². The monoisotopic (exact) mass is 370 g/mol. The molecule has 0 spiro atoms. The number of hydrogen-bond acceptors (Lipinski definition) is 7. The second-order valence-corrected chi connectivity index (χ2v) is 5.12. The molecule has 0 saturated heterocycles. The molecule has 8 nitrogen and oxygen atoms in total. The van der Waals surface area contributed by atoms with Crippen molar-refractivity contribution in [3.63, 3.8) is 0 Å². The lowest BCUT2D eigenvalue weighted by Crippen LogP contribution is -2.36. The van der Waals surface area contributed by atoms with Crippen LogP contribution in [0.2, 0.25) is 0 Å². The summed E-state index contributed by atoms with van der Waals surface area (Å²) in [6.07, 6.45) is 0. The summed E-state index contributed by atoms with van der Waals surface area (Å²) in [6.45, 7) is 3.14. The molecule has 9 heteroatoms. The fourth-order valence-electron chi connectivity index (χ4n) is 2.08. The van der Waals surface area contributed by atoms with Gasteiger partial charge in [-0.25, -0.2) is 0 Å². The number of para-hydroxylation sites is 1. The lowest BCUT2D eigenvalue weighted by atomic mass is 10.2. The van der Waals surface area contributed by atoms with Crippen LogP contribution in [-0.4, -0.2) is 50.0 Å². The Morgan fingerprint density at radius 1 is 1.32 bits per heavy atom. The molecule has 1 aromatic carbocycles. The van der Waals surface area contributed by atoms with Crippen LogP contribution in [0.4, 0.5) is 0 Å². The van der Waals surface area contributed by atoms with E-state index in [1.807, 2.05) is 24.3 Å². The summed E-state index contributed by atoms with van der Waals surface area (Å²) in [5.74, 6) is 1.25. The van der Waals surface area contributed by atoms with Gasteiger partial charge >= 0.3 is 0 Å². The lowest BCUT2D eigenvalue weighted by molar-refractivity contribution is -0.121. The molecule has 0 bridgehead atoms. The summed E-state index contributed by atoms with van der Waals surface area (Å²) in [5.41, 5.74) is 0.731. The first-order chi connectivity index (χ1) is 11.7. The molecule has 138 valence electrons. The number of methoxy groups -OCH3 is 2. The van der Waals surface area contributed by atoms with Gasteiger partial charge in [0.05, 0.1) is 25.8 Å². The number of nitrogens with zero attached hydrogens (tertiary/aromatic N) is 2. The maximum atomic E-state index is 11.8. The van der Waals surface area contributed by atoms with Crippen molar-refractivity contribution in [2.24, 2.45) is 0 Å². The zero-order valence-corrected chi connectivity index (χ0v) is 15.3. The minimum Gasteiger partial charge on any atom is -0.496 e. The topological polar surface area (TPSA) is 98.5 Å². The standard InChI is InChI=1S/C16H22N4O4.ClH/c1-11(18-14(21)10-17-8-9-22-2)16-19-15(20-24-16)12-6-4-5-7-13(12)23-3;/h4-7,11,17H,8-10H2,1-3H3,(H,18,21);1H. The molecule has 0 aliphatic heterocycles. The van der Waals surface area contributed by atoms with Crippen LogP contribution in [0.25, 0.3) is 11.4 Å². The highest BCUT2D eigenvalue weighted by Gasteiger charge is 2.18. The summed E-state index contributed by atoms with van der Waals surface area (Å²) in [4.78, 5) is 16.2. The number of carbonyl (C=O) groups excluding carboxylic acids is 1. The van der Waals surface area contributed by atoms with E-state index in [4.69, 9.17) is 14.0 Å². The minimum absolute atomic E-state index is 0. The van der Waals surface area contributed by atoms with Crippen molar-refractivity contribution in [3.8, 4) is 17.1 Å². The van der Waals surface area contributed by atoms with Crippen molar-refractivity contribution in [1.82, 2.24) is 20.8 Å². The Hall–Kier alpha value is -2.16. The molecule has 1 unspecified atom stereocenters. The zero-order valence-electron chi connectivity index (χ0n) is 14.4. The third-order valence-electron chi connectivity index (χ3n) is 3.31. The number of rotatable bonds is 9. The Balaban J connectivity index is 0.00000312. The van der Waals surface area contributed by atoms with Crippen molar-refractivity contribution >= 4 is 18.3 Å². The summed E-state index contributed by atoms with van der Waals surface area (Å²) in [5, 5.41) is 9.73. The van der Waals surface area contributed by atoms with Crippen molar-refractivity contribution < 1.29 is 18.8 Å². The largest absolute Gasteiger partial charge is 0.496 e. The van der Waals surface area contributed by atoms with Gasteiger partial charge in [0, 0.05) is 13.7 Å². The smallest absolute Gasteiger partial charge is 0.249 e. The Bertz CT molecular complexity index is 665. The normalized spacial score (nSPS) is 11.5. The van der Waals surface area contributed by atoms with Gasteiger partial charge in [-0.05, 0) is 19.1 Å². The number of halogens is 1. The third-order valence-corrected chi connectivity index (χ3v) is 3.31. The number of benzene rings is 1. The SMILES string of the molecule is COCCNCC(=O)NC(C)c1nc(-c2ccccc2OC)no1.Cl. The fourth-order valence-corrected chi connectivity index (χ4v) is 2.08. The molecular formula is C16H23ClN4O4. The molecule has 1 atom stereocenters. The molecule has 1 heterocycles. The predicted octanol–water partition coefficient (Wildman–Crippen LogP) is 1.58. The second-order valence-electron chi connectivity index (χ2n) is 5.12. The average Bonchev–Trinajstić information content (AvgIpc) is 3.08. The van der Waals surface area contributed by atoms with E-state index in [1.165, 1.54) is 0 Å². The number of carbonyl (C=O) groups is 1. The molecule has 2 aromatic rings. The van der Waals surface area contributed by atoms with Crippen molar-refractivity contribution in [1.29, 1.82) is 0 Å². The first kappa shape index (κ1) is 20.9. The van der Waals surface area contributed by atoms with Gasteiger partial charge < -0.3 is 24.6 Å². The maximum Gasteiger partial charge on any atom is 0.249 e. The molecule has 0 saturated carbocycles. The van der Waals surface area contributed by atoms with E-state index in [2.05, 4.69) is 20.8 Å². The highest BCUT2D eigenvalue weighted by Crippen LogP contribution is 2.27. The molecule has 2 rings (SSSR count). The Kier molecular flexibility index (Phi) is 8.90. The number of hydrogen-bond donors (Lipinski definition) is 2. The van der Waals surface area contributed by atoms with Crippen molar-refractivity contribution in [3.05, 3.63) is 30.2 Å². The van der Waals surface area contributed by atoms with Crippen molar-refractivity contribution in [2.45, 2.75) is 13.0 Å². The molecule has 0 aliphatic rings. The first-order valence-electron chi connectivity index (χ1n) is 7.61. The van der Waals surface area contributed by atoms with Gasteiger partial charge in [0.15, 0.2) is 0 Å². The van der Waals surface area contributed by atoms with Crippen LogP contribution in [-0.2, 0) is 9.53 Å². The summed E-state index contributed by atoms with van der Waals surface area (Å²) in [6, 6.07) is 7.00. The molecular weight excluding hydrogens is 348 g/mol. The van der Waals surface area contributed by atoms with Gasteiger partial charge in [0.1, 0.15) is 11.8 Å². The highest BCUT2D eigenvalue weighted by molar-refractivity contribution is 5.85. The summed E-state index contributed by atoms with van der Waals surface area (Å²) < 4.78 is 15.4. The van der Waals surface area contributed by atoms with E-state index < -0.39 is 6.04 Å². The maximum absolute atomic E-state index is 11.8. The van der Waals surface area contributed by atoms with Crippen molar-refractivity contribution in [2.75, 3.05) is 33.9 Å². The van der Waals surface area contributed by atoms with Gasteiger partial charge in [-0.2, -0.15) is 4.98 Å². The van der Waals surface area contributed by atoms with Gasteiger partial charge in [-0.3, -0.25) is 4.79 Å². The van der Waals surface area contributed by atoms with E-state index in [9.17, 15) is 4.79 Å². The minimum atomic E-state index is -0.391. The summed E-state index contributed by atoms with van der Waals surface area (Å²) >= 11 is 0. The number of ether oxygens (including phenoxy) is 2. The Labute approximate surface area is 152 Å².